The standard InChI is InChI=1S/C36H39N3O4/c1-36(2,3)43-35(41)39-21-19-38(20-22-39)28-12-18-33(37-24-28)42-30-14-9-26(10-15-30)34-31(25-7-5-4-6-8-25)16-11-27-23-29(40)13-17-32(27)34/h4-10,12-15,17-18,23-24,31,34,40H,11,16,19-22H2,1-3H3/t31-,34+/m1/s1. The molecule has 7 heteroatoms. The normalized spacial score (nSPS) is 18.6. The molecule has 1 aliphatic carbocycles. The number of ether oxygens (including phenoxy) is 2. The van der Waals surface area contributed by atoms with Crippen LogP contribution in [-0.2, 0) is 11.2 Å². The number of carbonyl (C=O) groups is 1. The van der Waals surface area contributed by atoms with Gasteiger partial charge in [-0.2, -0.15) is 0 Å². The minimum Gasteiger partial charge on any atom is -0.508 e. The first kappa shape index (κ1) is 28.6. The molecule has 0 saturated carbocycles. The number of piperazine rings is 1. The predicted octanol–water partition coefficient (Wildman–Crippen LogP) is 7.50. The first-order chi connectivity index (χ1) is 20.7. The smallest absolute Gasteiger partial charge is 0.410 e. The number of fused-ring (bicyclic) bond motifs is 1. The maximum atomic E-state index is 12.4. The molecule has 1 N–H and O–H groups in total. The van der Waals surface area contributed by atoms with Crippen molar-refractivity contribution < 1.29 is 19.4 Å². The number of aromatic hydroxyl groups is 1. The Kier molecular flexibility index (Phi) is 7.98. The third kappa shape index (κ3) is 6.61. The molecule has 3 aromatic carbocycles. The van der Waals surface area contributed by atoms with Gasteiger partial charge in [-0.15, -0.1) is 0 Å². The minimum absolute atomic E-state index is 0.189. The van der Waals surface area contributed by atoms with Gasteiger partial charge in [-0.3, -0.25) is 0 Å². The van der Waals surface area contributed by atoms with Gasteiger partial charge in [-0.05, 0) is 92.1 Å². The lowest BCUT2D eigenvalue weighted by Crippen LogP contribution is -2.50. The SMILES string of the molecule is CC(C)(C)OC(=O)N1CCN(c2ccc(Oc3ccc([C@@H]4c5ccc(O)cc5CC[C@@H]4c4ccccc4)cc3)nc2)CC1. The number of hydrogen-bond donors (Lipinski definition) is 1. The van der Waals surface area contributed by atoms with Crippen molar-refractivity contribution >= 4 is 11.8 Å². The highest BCUT2D eigenvalue weighted by molar-refractivity contribution is 5.68. The Morgan fingerprint density at radius 1 is 0.884 bits per heavy atom. The fourth-order valence-corrected chi connectivity index (χ4v) is 6.24. The van der Waals surface area contributed by atoms with Crippen molar-refractivity contribution in [2.75, 3.05) is 31.1 Å². The number of hydrogen-bond acceptors (Lipinski definition) is 6. The molecule has 222 valence electrons. The number of nitrogens with zero attached hydrogens (tertiary/aromatic N) is 3. The van der Waals surface area contributed by atoms with Gasteiger partial charge in [0.25, 0.3) is 0 Å². The number of aryl methyl sites for hydroxylation is 1. The van der Waals surface area contributed by atoms with Gasteiger partial charge in [0.2, 0.25) is 5.88 Å². The zero-order valence-electron chi connectivity index (χ0n) is 25.1. The van der Waals surface area contributed by atoms with E-state index in [1.54, 1.807) is 11.0 Å². The van der Waals surface area contributed by atoms with Gasteiger partial charge in [-0.1, -0.05) is 48.5 Å². The van der Waals surface area contributed by atoms with Crippen molar-refractivity contribution in [2.45, 2.75) is 51.0 Å². The van der Waals surface area contributed by atoms with E-state index in [0.717, 1.165) is 37.4 Å². The molecule has 6 rings (SSSR count). The van der Waals surface area contributed by atoms with Gasteiger partial charge in [0, 0.05) is 38.2 Å². The van der Waals surface area contributed by atoms with Crippen molar-refractivity contribution in [1.29, 1.82) is 0 Å². The molecule has 4 aromatic rings. The van der Waals surface area contributed by atoms with Gasteiger partial charge in [-0.25, -0.2) is 9.78 Å². The zero-order valence-corrected chi connectivity index (χ0v) is 25.1. The molecule has 0 radical (unpaired) electrons. The van der Waals surface area contributed by atoms with Crippen molar-refractivity contribution in [3.8, 4) is 17.4 Å². The second-order valence-corrected chi connectivity index (χ2v) is 12.4. The van der Waals surface area contributed by atoms with Crippen molar-refractivity contribution in [3.05, 3.63) is 113 Å². The summed E-state index contributed by atoms with van der Waals surface area (Å²) in [5.41, 5.74) is 5.55. The van der Waals surface area contributed by atoms with Crippen LogP contribution in [0.1, 0.15) is 61.3 Å². The molecule has 1 amide bonds. The highest BCUT2D eigenvalue weighted by atomic mass is 16.6. The molecule has 1 aromatic heterocycles. The third-order valence-corrected chi connectivity index (χ3v) is 8.30. The summed E-state index contributed by atoms with van der Waals surface area (Å²) in [6.07, 6.45) is 3.53. The molecular formula is C36H39N3O4. The molecule has 43 heavy (non-hydrogen) atoms. The maximum Gasteiger partial charge on any atom is 0.410 e. The van der Waals surface area contributed by atoms with Crippen LogP contribution >= 0.6 is 0 Å². The van der Waals surface area contributed by atoms with Crippen molar-refractivity contribution in [3.63, 3.8) is 0 Å². The van der Waals surface area contributed by atoms with Crippen LogP contribution in [0, 0.1) is 0 Å². The van der Waals surface area contributed by atoms with Gasteiger partial charge >= 0.3 is 6.09 Å². The van der Waals surface area contributed by atoms with Crippen LogP contribution in [0.4, 0.5) is 10.5 Å². The molecule has 1 fully saturated rings. The van der Waals surface area contributed by atoms with Crippen LogP contribution in [0.5, 0.6) is 17.4 Å². The van der Waals surface area contributed by atoms with Crippen LogP contribution in [0.2, 0.25) is 0 Å². The number of carbonyl (C=O) groups excluding carboxylic acids is 1. The minimum atomic E-state index is -0.495. The number of aromatic nitrogens is 1. The fraction of sp³-hybridized carbons (Fsp3) is 0.333. The molecule has 0 bridgehead atoms. The van der Waals surface area contributed by atoms with E-state index in [4.69, 9.17) is 9.47 Å². The summed E-state index contributed by atoms with van der Waals surface area (Å²) in [4.78, 5) is 20.9. The van der Waals surface area contributed by atoms with Crippen LogP contribution in [0.15, 0.2) is 91.1 Å². The van der Waals surface area contributed by atoms with E-state index in [0.29, 0.717) is 30.6 Å². The van der Waals surface area contributed by atoms with E-state index in [1.165, 1.54) is 22.3 Å². The zero-order chi connectivity index (χ0) is 30.0. The fourth-order valence-electron chi connectivity index (χ4n) is 6.24. The van der Waals surface area contributed by atoms with Gasteiger partial charge in [0.05, 0.1) is 11.9 Å². The highest BCUT2D eigenvalue weighted by Crippen LogP contribution is 2.47. The summed E-state index contributed by atoms with van der Waals surface area (Å²) < 4.78 is 11.6. The Labute approximate surface area is 253 Å². The molecule has 0 spiro atoms. The van der Waals surface area contributed by atoms with Gasteiger partial charge < -0.3 is 24.4 Å². The van der Waals surface area contributed by atoms with Crippen LogP contribution in [0.3, 0.4) is 0 Å². The number of phenols is 1. The first-order valence-electron chi connectivity index (χ1n) is 15.1. The summed E-state index contributed by atoms with van der Waals surface area (Å²) >= 11 is 0. The number of benzene rings is 3. The Bertz CT molecular complexity index is 1540. The largest absolute Gasteiger partial charge is 0.508 e. The maximum absolute atomic E-state index is 12.4. The predicted molar refractivity (Wildman–Crippen MR) is 168 cm³/mol. The Hall–Kier alpha value is -4.52. The average Bonchev–Trinajstić information content (AvgIpc) is 3.01. The summed E-state index contributed by atoms with van der Waals surface area (Å²) in [6.45, 7) is 8.31. The van der Waals surface area contributed by atoms with E-state index in [-0.39, 0.29) is 12.0 Å². The summed E-state index contributed by atoms with van der Waals surface area (Å²) in [6, 6.07) is 28.7. The Balaban J connectivity index is 1.12. The van der Waals surface area contributed by atoms with E-state index < -0.39 is 5.60 Å². The molecule has 1 saturated heterocycles. The third-order valence-electron chi connectivity index (χ3n) is 8.30. The number of phenolic OH excluding ortho intramolecular Hbond substituents is 1. The molecule has 1 aliphatic heterocycles. The lowest BCUT2D eigenvalue weighted by Gasteiger charge is -2.36. The monoisotopic (exact) mass is 577 g/mol. The Morgan fingerprint density at radius 3 is 2.30 bits per heavy atom. The molecule has 2 aliphatic rings. The average molecular weight is 578 g/mol. The molecule has 2 heterocycles. The lowest BCUT2D eigenvalue weighted by atomic mass is 9.69. The molecular weight excluding hydrogens is 538 g/mol. The number of amides is 1. The second kappa shape index (κ2) is 12.0. The Morgan fingerprint density at radius 2 is 1.63 bits per heavy atom. The molecule has 0 unspecified atom stereocenters. The van der Waals surface area contributed by atoms with E-state index in [1.807, 2.05) is 57.3 Å². The van der Waals surface area contributed by atoms with Crippen LogP contribution in [0.25, 0.3) is 0 Å². The van der Waals surface area contributed by atoms with Gasteiger partial charge in [0.1, 0.15) is 17.1 Å². The number of anilines is 1. The second-order valence-electron chi connectivity index (χ2n) is 12.4. The molecule has 2 atom stereocenters. The summed E-state index contributed by atoms with van der Waals surface area (Å²) in [5.74, 6) is 2.12. The van der Waals surface area contributed by atoms with E-state index in [9.17, 15) is 9.90 Å². The highest BCUT2D eigenvalue weighted by Gasteiger charge is 2.32. The summed E-state index contributed by atoms with van der Waals surface area (Å²) in [7, 11) is 0. The van der Waals surface area contributed by atoms with Crippen molar-refractivity contribution in [2.24, 2.45) is 0 Å². The lowest BCUT2D eigenvalue weighted by molar-refractivity contribution is 0.0240. The number of rotatable bonds is 5. The van der Waals surface area contributed by atoms with Crippen LogP contribution < -0.4 is 9.64 Å². The van der Waals surface area contributed by atoms with Crippen molar-refractivity contribution in [1.82, 2.24) is 9.88 Å². The van der Waals surface area contributed by atoms with E-state index in [2.05, 4.69) is 58.4 Å². The molecule has 7 nitrogen and oxygen atoms in total. The summed E-state index contributed by atoms with van der Waals surface area (Å²) in [5, 5.41) is 10.1. The van der Waals surface area contributed by atoms with E-state index >= 15 is 0 Å². The number of pyridine rings is 1. The topological polar surface area (TPSA) is 75.1 Å². The van der Waals surface area contributed by atoms with Gasteiger partial charge in [0.15, 0.2) is 0 Å². The quantitative estimate of drug-likeness (QED) is 0.265. The van der Waals surface area contributed by atoms with Crippen LogP contribution in [-0.4, -0.2) is 52.9 Å². The first-order valence-corrected chi connectivity index (χ1v) is 15.1.